The maximum Gasteiger partial charge on any atom is 0.274 e. The van der Waals surface area contributed by atoms with E-state index in [4.69, 9.17) is 0 Å². The molecule has 1 atom stereocenters. The fourth-order valence-corrected chi connectivity index (χ4v) is 5.41. The van der Waals surface area contributed by atoms with E-state index in [-0.39, 0.29) is 29.1 Å². The normalized spacial score (nSPS) is 16.5. The van der Waals surface area contributed by atoms with Crippen LogP contribution in [0.2, 0.25) is 0 Å². The largest absolute Gasteiger partial charge is 0.344 e. The Morgan fingerprint density at radius 3 is 2.68 bits per heavy atom. The molecule has 2 amide bonds. The van der Waals surface area contributed by atoms with Gasteiger partial charge in [0.25, 0.3) is 17.4 Å². The number of rotatable bonds is 4. The Kier molecular flexibility index (Phi) is 5.91. The lowest BCUT2D eigenvalue weighted by atomic mass is 9.93. The van der Waals surface area contributed by atoms with E-state index in [0.717, 1.165) is 39.8 Å². The summed E-state index contributed by atoms with van der Waals surface area (Å²) in [5, 5.41) is 5.23. The van der Waals surface area contributed by atoms with Crippen LogP contribution in [0.3, 0.4) is 0 Å². The summed E-state index contributed by atoms with van der Waals surface area (Å²) >= 11 is 1.51. The predicted octanol–water partition coefficient (Wildman–Crippen LogP) is 2.93. The van der Waals surface area contributed by atoms with Crippen molar-refractivity contribution in [1.29, 1.82) is 0 Å². The van der Waals surface area contributed by atoms with Crippen molar-refractivity contribution in [1.82, 2.24) is 19.6 Å². The highest BCUT2D eigenvalue weighted by molar-refractivity contribution is 7.21. The number of nitrogens with zero attached hydrogens (tertiary/aromatic N) is 4. The molecule has 0 N–H and O–H groups in total. The number of piperidine rings is 1. The third-order valence-electron chi connectivity index (χ3n) is 5.81. The van der Waals surface area contributed by atoms with Crippen molar-refractivity contribution in [2.75, 3.05) is 20.6 Å². The Balaban J connectivity index is 1.70. The van der Waals surface area contributed by atoms with Crippen LogP contribution in [0.15, 0.2) is 41.2 Å². The second-order valence-corrected chi connectivity index (χ2v) is 9.19. The van der Waals surface area contributed by atoms with Gasteiger partial charge in [0.1, 0.15) is 5.69 Å². The van der Waals surface area contributed by atoms with Gasteiger partial charge in [0, 0.05) is 44.5 Å². The van der Waals surface area contributed by atoms with E-state index in [1.807, 2.05) is 23.1 Å². The molecule has 0 spiro atoms. The molecule has 162 valence electrons. The van der Waals surface area contributed by atoms with Crippen LogP contribution in [-0.4, -0.2) is 58.1 Å². The molecule has 7 nitrogen and oxygen atoms in total. The molecule has 1 aromatic carbocycles. The number of thiophene rings is 1. The zero-order chi connectivity index (χ0) is 22.1. The Morgan fingerprint density at radius 2 is 1.94 bits per heavy atom. The molecule has 0 saturated carbocycles. The Hall–Kier alpha value is -3.00. The van der Waals surface area contributed by atoms with Crippen LogP contribution in [0, 0.1) is 0 Å². The summed E-state index contributed by atoms with van der Waals surface area (Å²) in [5.74, 6) is -0.176. The number of amides is 2. The molecule has 1 saturated heterocycles. The molecule has 3 heterocycles. The van der Waals surface area contributed by atoms with E-state index in [1.165, 1.54) is 28.2 Å². The number of aromatic nitrogens is 2. The molecule has 0 bridgehead atoms. The van der Waals surface area contributed by atoms with Gasteiger partial charge in [-0.15, -0.1) is 11.3 Å². The zero-order valence-corrected chi connectivity index (χ0v) is 18.8. The van der Waals surface area contributed by atoms with Crippen molar-refractivity contribution in [2.45, 2.75) is 31.7 Å². The van der Waals surface area contributed by atoms with Gasteiger partial charge in [0.2, 0.25) is 0 Å². The number of benzene rings is 1. The fourth-order valence-electron chi connectivity index (χ4n) is 4.16. The number of aryl methyl sites for hydroxylation is 1. The number of carbonyl (C=O) groups excluding carboxylic acids is 2. The first-order valence-corrected chi connectivity index (χ1v) is 11.3. The minimum Gasteiger partial charge on any atom is -0.344 e. The average Bonchev–Trinajstić information content (AvgIpc) is 3.13. The van der Waals surface area contributed by atoms with Crippen LogP contribution in [0.25, 0.3) is 10.1 Å². The summed E-state index contributed by atoms with van der Waals surface area (Å²) in [6, 6.07) is 10.9. The molecule has 2 aromatic heterocycles. The highest BCUT2D eigenvalue weighted by atomic mass is 32.1. The van der Waals surface area contributed by atoms with Gasteiger partial charge >= 0.3 is 0 Å². The molecule has 8 heteroatoms. The van der Waals surface area contributed by atoms with Crippen molar-refractivity contribution in [3.63, 3.8) is 0 Å². The first-order chi connectivity index (χ1) is 14.9. The van der Waals surface area contributed by atoms with Gasteiger partial charge in [-0.05, 0) is 48.8 Å². The topological polar surface area (TPSA) is 75.5 Å². The minimum absolute atomic E-state index is 0.00962. The van der Waals surface area contributed by atoms with E-state index in [1.54, 1.807) is 26.0 Å². The molecule has 0 unspecified atom stereocenters. The number of likely N-dealkylation sites (tertiary alicyclic amines) is 1. The third-order valence-corrected chi connectivity index (χ3v) is 7.01. The van der Waals surface area contributed by atoms with Crippen molar-refractivity contribution in [2.24, 2.45) is 7.05 Å². The van der Waals surface area contributed by atoms with E-state index in [0.29, 0.717) is 13.0 Å². The lowest BCUT2D eigenvalue weighted by molar-refractivity contribution is 0.0605. The molecule has 31 heavy (non-hydrogen) atoms. The fraction of sp³-hybridized carbons (Fsp3) is 0.391. The quantitative estimate of drug-likeness (QED) is 0.628. The van der Waals surface area contributed by atoms with Gasteiger partial charge in [-0.3, -0.25) is 14.4 Å². The minimum atomic E-state index is -0.247. The molecule has 0 aliphatic carbocycles. The Labute approximate surface area is 184 Å². The van der Waals surface area contributed by atoms with Crippen LogP contribution in [0.4, 0.5) is 0 Å². The van der Waals surface area contributed by atoms with Gasteiger partial charge in [-0.2, -0.15) is 5.10 Å². The molecule has 1 aliphatic rings. The maximum atomic E-state index is 13.3. The summed E-state index contributed by atoms with van der Waals surface area (Å²) in [6.07, 6.45) is 3.46. The SMILES string of the molecule is CN(C)C(=O)c1sc2ccccc2c1C[C@H]1CCCCN1C(=O)c1ccc(=O)n(C)n1. The second-order valence-electron chi connectivity index (χ2n) is 8.14. The molecule has 4 rings (SSSR count). The van der Waals surface area contributed by atoms with Gasteiger partial charge in [-0.25, -0.2) is 4.68 Å². The molecule has 0 radical (unpaired) electrons. The summed E-state index contributed by atoms with van der Waals surface area (Å²) in [4.78, 5) is 42.0. The number of carbonyl (C=O) groups is 2. The van der Waals surface area contributed by atoms with Crippen LogP contribution in [0.5, 0.6) is 0 Å². The smallest absolute Gasteiger partial charge is 0.274 e. The first kappa shape index (κ1) is 21.2. The van der Waals surface area contributed by atoms with E-state index < -0.39 is 0 Å². The number of fused-ring (bicyclic) bond motifs is 1. The Morgan fingerprint density at radius 1 is 1.16 bits per heavy atom. The molecule has 3 aromatic rings. The van der Waals surface area contributed by atoms with Gasteiger partial charge in [0.05, 0.1) is 4.88 Å². The second kappa shape index (κ2) is 8.63. The summed E-state index contributed by atoms with van der Waals surface area (Å²) < 4.78 is 2.27. The predicted molar refractivity (Wildman–Crippen MR) is 122 cm³/mol. The highest BCUT2D eigenvalue weighted by Gasteiger charge is 2.31. The highest BCUT2D eigenvalue weighted by Crippen LogP contribution is 2.35. The van der Waals surface area contributed by atoms with Crippen molar-refractivity contribution < 1.29 is 9.59 Å². The number of hydrogen-bond donors (Lipinski definition) is 0. The summed E-state index contributed by atoms with van der Waals surface area (Å²) in [5.41, 5.74) is 1.04. The van der Waals surface area contributed by atoms with E-state index in [9.17, 15) is 14.4 Å². The third kappa shape index (κ3) is 4.12. The van der Waals surface area contributed by atoms with Gasteiger partial charge in [0.15, 0.2) is 0 Å². The standard InChI is InChI=1S/C23H26N4O3S/c1-25(2)23(30)21-17(16-9-4-5-10-19(16)31-21)14-15-8-6-7-13-27(15)22(29)18-11-12-20(28)26(3)24-18/h4-5,9-12,15H,6-8,13-14H2,1-3H3/t15-/m1/s1. The van der Waals surface area contributed by atoms with E-state index >= 15 is 0 Å². The maximum absolute atomic E-state index is 13.3. The van der Waals surface area contributed by atoms with Crippen molar-refractivity contribution in [3.05, 3.63) is 62.9 Å². The van der Waals surface area contributed by atoms with E-state index in [2.05, 4.69) is 11.2 Å². The zero-order valence-electron chi connectivity index (χ0n) is 18.0. The molecular weight excluding hydrogens is 412 g/mol. The first-order valence-electron chi connectivity index (χ1n) is 10.4. The monoisotopic (exact) mass is 438 g/mol. The van der Waals surface area contributed by atoms with Crippen LogP contribution < -0.4 is 5.56 Å². The van der Waals surface area contributed by atoms with Crippen molar-refractivity contribution in [3.8, 4) is 0 Å². The van der Waals surface area contributed by atoms with Gasteiger partial charge < -0.3 is 9.80 Å². The van der Waals surface area contributed by atoms with Gasteiger partial charge in [-0.1, -0.05) is 18.2 Å². The van der Waals surface area contributed by atoms with Crippen LogP contribution in [0.1, 0.15) is 45.0 Å². The lowest BCUT2D eigenvalue weighted by Gasteiger charge is -2.36. The van der Waals surface area contributed by atoms with Crippen LogP contribution in [-0.2, 0) is 13.5 Å². The number of hydrogen-bond acceptors (Lipinski definition) is 5. The molecular formula is C23H26N4O3S. The molecule has 1 aliphatic heterocycles. The summed E-state index contributed by atoms with van der Waals surface area (Å²) in [6.45, 7) is 0.646. The average molecular weight is 439 g/mol. The van der Waals surface area contributed by atoms with Crippen LogP contribution >= 0.6 is 11.3 Å². The molecule has 1 fully saturated rings. The summed E-state index contributed by atoms with van der Waals surface area (Å²) in [7, 11) is 5.07. The van der Waals surface area contributed by atoms with Crippen molar-refractivity contribution >= 4 is 33.2 Å². The lowest BCUT2D eigenvalue weighted by Crippen LogP contribution is -2.45. The Bertz CT molecular complexity index is 1200.